The Kier molecular flexibility index (Phi) is 3.85. The van der Waals surface area contributed by atoms with E-state index in [2.05, 4.69) is 39.8 Å². The molecule has 0 unspecified atom stereocenters. The number of imidazole rings is 1. The Hall–Kier alpha value is -2.17. The molecule has 0 atom stereocenters. The molecule has 0 bridgehead atoms. The molecule has 1 aliphatic carbocycles. The van der Waals surface area contributed by atoms with Gasteiger partial charge in [0.05, 0.1) is 18.0 Å². The molecule has 0 radical (unpaired) electrons. The highest BCUT2D eigenvalue weighted by atomic mass is 16.3. The third-order valence-corrected chi connectivity index (χ3v) is 4.48. The summed E-state index contributed by atoms with van der Waals surface area (Å²) in [4.78, 5) is 7.23. The molecular formula is C19H21N3O. The van der Waals surface area contributed by atoms with Gasteiger partial charge in [-0.25, -0.2) is 4.98 Å². The van der Waals surface area contributed by atoms with Crippen molar-refractivity contribution in [2.75, 3.05) is 13.2 Å². The summed E-state index contributed by atoms with van der Waals surface area (Å²) in [6.45, 7) is 1.74. The second-order valence-electron chi connectivity index (χ2n) is 6.13. The average Bonchev–Trinajstić information content (AvgIpc) is 3.38. The second kappa shape index (κ2) is 6.14. The zero-order valence-corrected chi connectivity index (χ0v) is 13.1. The Balaban J connectivity index is 1.79. The summed E-state index contributed by atoms with van der Waals surface area (Å²) in [5, 5.41) is 9.38. The summed E-state index contributed by atoms with van der Waals surface area (Å²) in [6, 6.07) is 17.1. The van der Waals surface area contributed by atoms with Gasteiger partial charge in [-0.2, -0.15) is 0 Å². The van der Waals surface area contributed by atoms with Crippen molar-refractivity contribution in [3.05, 3.63) is 60.4 Å². The van der Waals surface area contributed by atoms with Gasteiger partial charge in [0.25, 0.3) is 0 Å². The highest BCUT2D eigenvalue weighted by Gasteiger charge is 2.30. The van der Waals surface area contributed by atoms with Crippen molar-refractivity contribution in [3.63, 3.8) is 0 Å². The average molecular weight is 307 g/mol. The van der Waals surface area contributed by atoms with E-state index in [1.807, 2.05) is 24.3 Å². The van der Waals surface area contributed by atoms with Crippen LogP contribution in [0, 0.1) is 0 Å². The summed E-state index contributed by atoms with van der Waals surface area (Å²) in [6.07, 6.45) is 4.54. The molecule has 0 amide bonds. The van der Waals surface area contributed by atoms with Crippen LogP contribution in [-0.4, -0.2) is 38.6 Å². The van der Waals surface area contributed by atoms with Crippen LogP contribution in [0.4, 0.5) is 0 Å². The molecule has 4 rings (SSSR count). The molecule has 1 N–H and O–H groups in total. The summed E-state index contributed by atoms with van der Waals surface area (Å²) < 4.78 is 2.18. The van der Waals surface area contributed by atoms with E-state index >= 15 is 0 Å². The van der Waals surface area contributed by atoms with Crippen LogP contribution in [-0.2, 0) is 6.54 Å². The van der Waals surface area contributed by atoms with Crippen LogP contribution in [0.5, 0.6) is 0 Å². The minimum Gasteiger partial charge on any atom is -0.395 e. The molecule has 1 aliphatic rings. The van der Waals surface area contributed by atoms with Gasteiger partial charge in [0.15, 0.2) is 0 Å². The lowest BCUT2D eigenvalue weighted by molar-refractivity contribution is 0.182. The monoisotopic (exact) mass is 307 g/mol. The summed E-state index contributed by atoms with van der Waals surface area (Å²) in [5.74, 6) is 0. The first-order valence-corrected chi connectivity index (χ1v) is 8.23. The lowest BCUT2D eigenvalue weighted by Crippen LogP contribution is -2.29. The minimum absolute atomic E-state index is 0.202. The maximum Gasteiger partial charge on any atom is 0.137 e. The number of aromatic nitrogens is 2. The SMILES string of the molecule is OCCN(Cc1c(-c2ccccc2)nc2ccccn12)C1CC1. The number of fused-ring (bicyclic) bond motifs is 1. The fourth-order valence-electron chi connectivity index (χ4n) is 3.18. The molecule has 1 aromatic carbocycles. The van der Waals surface area contributed by atoms with Crippen molar-refractivity contribution in [2.24, 2.45) is 0 Å². The van der Waals surface area contributed by atoms with Crippen LogP contribution in [0.15, 0.2) is 54.7 Å². The number of benzene rings is 1. The minimum atomic E-state index is 0.202. The molecule has 23 heavy (non-hydrogen) atoms. The van der Waals surface area contributed by atoms with Crippen LogP contribution in [0.25, 0.3) is 16.9 Å². The fraction of sp³-hybridized carbons (Fsp3) is 0.316. The molecule has 1 fully saturated rings. The molecule has 2 heterocycles. The van der Waals surface area contributed by atoms with Crippen LogP contribution in [0.2, 0.25) is 0 Å². The van der Waals surface area contributed by atoms with Crippen LogP contribution >= 0.6 is 0 Å². The maximum atomic E-state index is 9.38. The summed E-state index contributed by atoms with van der Waals surface area (Å²) >= 11 is 0. The smallest absolute Gasteiger partial charge is 0.137 e. The van der Waals surface area contributed by atoms with Gasteiger partial charge in [-0.1, -0.05) is 36.4 Å². The highest BCUT2D eigenvalue weighted by Crippen LogP contribution is 2.31. The van der Waals surface area contributed by atoms with Crippen molar-refractivity contribution in [1.82, 2.24) is 14.3 Å². The first-order valence-electron chi connectivity index (χ1n) is 8.23. The normalized spacial score (nSPS) is 14.7. The van der Waals surface area contributed by atoms with Crippen molar-refractivity contribution >= 4 is 5.65 Å². The molecule has 4 nitrogen and oxygen atoms in total. The zero-order valence-electron chi connectivity index (χ0n) is 13.1. The molecule has 0 spiro atoms. The first-order chi connectivity index (χ1) is 11.4. The standard InChI is InChI=1S/C19H21N3O/c23-13-12-21(16-9-10-16)14-17-19(15-6-2-1-3-7-15)20-18-8-4-5-11-22(17)18/h1-8,11,16,23H,9-10,12-14H2. The van der Waals surface area contributed by atoms with Gasteiger partial charge in [0, 0.05) is 30.9 Å². The van der Waals surface area contributed by atoms with Gasteiger partial charge in [0.1, 0.15) is 5.65 Å². The van der Waals surface area contributed by atoms with E-state index in [9.17, 15) is 5.11 Å². The lowest BCUT2D eigenvalue weighted by atomic mass is 10.1. The van der Waals surface area contributed by atoms with Crippen molar-refractivity contribution < 1.29 is 5.11 Å². The molecule has 3 aromatic rings. The van der Waals surface area contributed by atoms with E-state index in [1.165, 1.54) is 18.5 Å². The molecular weight excluding hydrogens is 286 g/mol. The zero-order chi connectivity index (χ0) is 15.6. The number of aliphatic hydroxyl groups excluding tert-OH is 1. The van der Waals surface area contributed by atoms with E-state index in [1.54, 1.807) is 0 Å². The number of aliphatic hydroxyl groups is 1. The molecule has 2 aromatic heterocycles. The Morgan fingerprint density at radius 1 is 1.09 bits per heavy atom. The molecule has 4 heteroatoms. The quantitative estimate of drug-likeness (QED) is 0.761. The third-order valence-electron chi connectivity index (χ3n) is 4.48. The maximum absolute atomic E-state index is 9.38. The lowest BCUT2D eigenvalue weighted by Gasteiger charge is -2.21. The number of rotatable bonds is 6. The van der Waals surface area contributed by atoms with Crippen molar-refractivity contribution in [1.29, 1.82) is 0 Å². The Morgan fingerprint density at radius 3 is 2.61 bits per heavy atom. The van der Waals surface area contributed by atoms with Crippen LogP contribution in [0.3, 0.4) is 0 Å². The molecule has 0 saturated heterocycles. The predicted octanol–water partition coefficient (Wildman–Crippen LogP) is 2.96. The van der Waals surface area contributed by atoms with Crippen LogP contribution < -0.4 is 0 Å². The Labute approximate surface area is 136 Å². The number of hydrogen-bond donors (Lipinski definition) is 1. The summed E-state index contributed by atoms with van der Waals surface area (Å²) in [5.41, 5.74) is 4.36. The van der Waals surface area contributed by atoms with E-state index in [0.717, 1.165) is 30.0 Å². The molecule has 0 aliphatic heterocycles. The van der Waals surface area contributed by atoms with Crippen LogP contribution in [0.1, 0.15) is 18.5 Å². The summed E-state index contributed by atoms with van der Waals surface area (Å²) in [7, 11) is 0. The fourth-order valence-corrected chi connectivity index (χ4v) is 3.18. The highest BCUT2D eigenvalue weighted by molar-refractivity contribution is 5.66. The predicted molar refractivity (Wildman–Crippen MR) is 91.1 cm³/mol. The third kappa shape index (κ3) is 2.87. The van der Waals surface area contributed by atoms with Gasteiger partial charge in [0.2, 0.25) is 0 Å². The van der Waals surface area contributed by atoms with E-state index in [4.69, 9.17) is 4.98 Å². The molecule has 1 saturated carbocycles. The Bertz CT molecular complexity index is 793. The van der Waals surface area contributed by atoms with Gasteiger partial charge in [-0.15, -0.1) is 0 Å². The first kappa shape index (κ1) is 14.4. The van der Waals surface area contributed by atoms with Gasteiger partial charge >= 0.3 is 0 Å². The number of hydrogen-bond acceptors (Lipinski definition) is 3. The number of pyridine rings is 1. The van der Waals surface area contributed by atoms with E-state index in [-0.39, 0.29) is 6.61 Å². The van der Waals surface area contributed by atoms with Crippen molar-refractivity contribution in [2.45, 2.75) is 25.4 Å². The molecule has 118 valence electrons. The number of nitrogens with zero attached hydrogens (tertiary/aromatic N) is 3. The van der Waals surface area contributed by atoms with Gasteiger partial charge in [-0.05, 0) is 25.0 Å². The van der Waals surface area contributed by atoms with Crippen molar-refractivity contribution in [3.8, 4) is 11.3 Å². The van der Waals surface area contributed by atoms with Gasteiger partial charge in [-0.3, -0.25) is 4.90 Å². The topological polar surface area (TPSA) is 40.8 Å². The second-order valence-corrected chi connectivity index (χ2v) is 6.13. The largest absolute Gasteiger partial charge is 0.395 e. The van der Waals surface area contributed by atoms with Gasteiger partial charge < -0.3 is 9.51 Å². The Morgan fingerprint density at radius 2 is 1.87 bits per heavy atom. The van der Waals surface area contributed by atoms with E-state index in [0.29, 0.717) is 6.04 Å². The van der Waals surface area contributed by atoms with E-state index < -0.39 is 0 Å².